The van der Waals surface area contributed by atoms with Gasteiger partial charge in [-0.2, -0.15) is 0 Å². The number of aliphatic carboxylic acids is 1. The zero-order chi connectivity index (χ0) is 21.4. The van der Waals surface area contributed by atoms with Crippen molar-refractivity contribution in [2.24, 2.45) is 17.6 Å². The summed E-state index contributed by atoms with van der Waals surface area (Å²) >= 11 is 0. The molecule has 9 nitrogen and oxygen atoms in total. The van der Waals surface area contributed by atoms with Crippen molar-refractivity contribution in [3.8, 4) is 0 Å². The van der Waals surface area contributed by atoms with Crippen LogP contribution in [0.15, 0.2) is 0 Å². The Bertz CT molecular complexity index is 583. The van der Waals surface area contributed by atoms with E-state index in [1.165, 1.54) is 4.90 Å². The zero-order valence-corrected chi connectivity index (χ0v) is 17.2. The maximum atomic E-state index is 13.1. The fraction of sp³-hybridized carbons (Fsp3) is 0.789. The van der Waals surface area contributed by atoms with Crippen LogP contribution in [0.2, 0.25) is 0 Å². The highest BCUT2D eigenvalue weighted by Crippen LogP contribution is 2.21. The lowest BCUT2D eigenvalue weighted by atomic mass is 9.94. The average Bonchev–Trinajstić information content (AvgIpc) is 3.18. The number of nitrogens with one attached hydrogen (secondary N) is 2. The van der Waals surface area contributed by atoms with Crippen LogP contribution < -0.4 is 16.4 Å². The predicted molar refractivity (Wildman–Crippen MR) is 104 cm³/mol. The molecule has 28 heavy (non-hydrogen) atoms. The van der Waals surface area contributed by atoms with Crippen LogP contribution in [0, 0.1) is 11.8 Å². The van der Waals surface area contributed by atoms with E-state index in [-0.39, 0.29) is 24.3 Å². The maximum Gasteiger partial charge on any atom is 0.326 e. The van der Waals surface area contributed by atoms with Crippen molar-refractivity contribution in [1.29, 1.82) is 0 Å². The van der Waals surface area contributed by atoms with Gasteiger partial charge in [-0.25, -0.2) is 4.79 Å². The number of likely N-dealkylation sites (tertiary alicyclic amines) is 1. The van der Waals surface area contributed by atoms with Gasteiger partial charge in [-0.15, -0.1) is 0 Å². The molecule has 0 spiro atoms. The zero-order valence-electron chi connectivity index (χ0n) is 17.2. The van der Waals surface area contributed by atoms with Gasteiger partial charge in [0, 0.05) is 6.54 Å². The Balaban J connectivity index is 3.03. The number of hydrogen-bond donors (Lipinski definition) is 4. The van der Waals surface area contributed by atoms with Crippen LogP contribution in [0.1, 0.15) is 53.4 Å². The summed E-state index contributed by atoms with van der Waals surface area (Å²) in [5, 5.41) is 14.8. The highest BCUT2D eigenvalue weighted by atomic mass is 16.4. The number of nitrogens with zero attached hydrogens (tertiary/aromatic N) is 1. The Labute approximate surface area is 166 Å². The first kappa shape index (κ1) is 23.9. The number of hydrogen-bond acceptors (Lipinski definition) is 5. The Kier molecular flexibility index (Phi) is 9.37. The second-order valence-electron chi connectivity index (χ2n) is 7.53. The Morgan fingerprint density at radius 2 is 1.64 bits per heavy atom. The minimum atomic E-state index is -1.03. The first-order chi connectivity index (χ1) is 13.2. The number of carbonyl (C=O) groups is 4. The lowest BCUT2D eigenvalue weighted by Crippen LogP contribution is -2.59. The van der Waals surface area contributed by atoms with Crippen molar-refractivity contribution in [3.63, 3.8) is 0 Å². The van der Waals surface area contributed by atoms with Crippen molar-refractivity contribution in [3.05, 3.63) is 0 Å². The molecule has 0 saturated carbocycles. The lowest BCUT2D eigenvalue weighted by molar-refractivity contribution is -0.150. The summed E-state index contributed by atoms with van der Waals surface area (Å²) in [5.41, 5.74) is 5.35. The Hall–Kier alpha value is -2.16. The molecular formula is C19H34N4O5. The van der Waals surface area contributed by atoms with Crippen LogP contribution in [0.3, 0.4) is 0 Å². The van der Waals surface area contributed by atoms with E-state index in [9.17, 15) is 24.3 Å². The van der Waals surface area contributed by atoms with Gasteiger partial charge < -0.3 is 26.4 Å². The van der Waals surface area contributed by atoms with E-state index in [0.717, 1.165) is 0 Å². The number of carboxylic acid groups (broad SMARTS) is 1. The van der Waals surface area contributed by atoms with Crippen LogP contribution in [0.4, 0.5) is 0 Å². The quantitative estimate of drug-likeness (QED) is 0.411. The van der Waals surface area contributed by atoms with E-state index in [2.05, 4.69) is 10.6 Å². The van der Waals surface area contributed by atoms with Crippen LogP contribution in [-0.4, -0.2) is 64.9 Å². The molecule has 160 valence electrons. The molecule has 1 heterocycles. The first-order valence-electron chi connectivity index (χ1n) is 10.0. The smallest absolute Gasteiger partial charge is 0.326 e. The van der Waals surface area contributed by atoms with E-state index < -0.39 is 35.9 Å². The van der Waals surface area contributed by atoms with Gasteiger partial charge in [-0.05, 0) is 24.7 Å². The maximum absolute atomic E-state index is 13.1. The topological polar surface area (TPSA) is 142 Å². The minimum absolute atomic E-state index is 0.151. The van der Waals surface area contributed by atoms with Crippen LogP contribution in [0.25, 0.3) is 0 Å². The molecule has 1 saturated heterocycles. The summed E-state index contributed by atoms with van der Waals surface area (Å²) in [6, 6.07) is -2.52. The van der Waals surface area contributed by atoms with E-state index >= 15 is 0 Å². The van der Waals surface area contributed by atoms with Crippen molar-refractivity contribution in [1.82, 2.24) is 15.5 Å². The summed E-state index contributed by atoms with van der Waals surface area (Å²) < 4.78 is 0. The summed E-state index contributed by atoms with van der Waals surface area (Å²) in [6.07, 6.45) is 2.31. The highest BCUT2D eigenvalue weighted by Gasteiger charge is 2.40. The van der Waals surface area contributed by atoms with Gasteiger partial charge >= 0.3 is 5.97 Å². The molecule has 0 aliphatic carbocycles. The molecule has 1 rings (SSSR count). The van der Waals surface area contributed by atoms with Crippen LogP contribution in [0.5, 0.6) is 0 Å². The molecule has 1 aliphatic heterocycles. The second-order valence-corrected chi connectivity index (χ2v) is 7.53. The van der Waals surface area contributed by atoms with Crippen LogP contribution in [-0.2, 0) is 19.2 Å². The fourth-order valence-corrected chi connectivity index (χ4v) is 3.33. The SMILES string of the molecule is CCC(C)C(NC(=O)CN)C(=O)NC(C(=O)N1CCCC1C(=O)O)C(C)CC. The number of rotatable bonds is 10. The summed E-state index contributed by atoms with van der Waals surface area (Å²) in [7, 11) is 0. The first-order valence-corrected chi connectivity index (χ1v) is 10.0. The molecule has 5 unspecified atom stereocenters. The number of amides is 3. The molecular weight excluding hydrogens is 364 g/mol. The highest BCUT2D eigenvalue weighted by molar-refractivity contribution is 5.94. The summed E-state index contributed by atoms with van der Waals surface area (Å²) in [4.78, 5) is 50.5. The molecule has 0 aromatic heterocycles. The summed E-state index contributed by atoms with van der Waals surface area (Å²) in [5.74, 6) is -2.66. The van der Waals surface area contributed by atoms with Crippen LogP contribution >= 0.6 is 0 Å². The number of carboxylic acids is 1. The normalized spacial score (nSPS) is 20.8. The lowest BCUT2D eigenvalue weighted by Gasteiger charge is -2.32. The van der Waals surface area contributed by atoms with Crippen molar-refractivity contribution in [2.75, 3.05) is 13.1 Å². The van der Waals surface area contributed by atoms with Gasteiger partial charge in [0.2, 0.25) is 17.7 Å². The third-order valence-electron chi connectivity index (χ3n) is 5.60. The van der Waals surface area contributed by atoms with E-state index in [1.54, 1.807) is 0 Å². The molecule has 9 heteroatoms. The Morgan fingerprint density at radius 1 is 1.07 bits per heavy atom. The molecule has 0 aromatic carbocycles. The molecule has 1 aliphatic rings. The average molecular weight is 399 g/mol. The van der Waals surface area contributed by atoms with Gasteiger partial charge in [0.05, 0.1) is 6.54 Å². The van der Waals surface area contributed by atoms with E-state index in [0.29, 0.717) is 32.2 Å². The van der Waals surface area contributed by atoms with Gasteiger partial charge in [0.25, 0.3) is 0 Å². The second kappa shape index (κ2) is 11.0. The molecule has 3 amide bonds. The predicted octanol–water partition coefficient (Wildman–Crippen LogP) is 0.0825. The van der Waals surface area contributed by atoms with Gasteiger partial charge in [0.1, 0.15) is 18.1 Å². The van der Waals surface area contributed by atoms with Crippen molar-refractivity contribution >= 4 is 23.7 Å². The molecule has 5 N–H and O–H groups in total. The molecule has 1 fully saturated rings. The van der Waals surface area contributed by atoms with E-state index in [4.69, 9.17) is 5.73 Å². The molecule has 0 aromatic rings. The van der Waals surface area contributed by atoms with Crippen molar-refractivity contribution in [2.45, 2.75) is 71.5 Å². The third-order valence-corrected chi connectivity index (χ3v) is 5.60. The largest absolute Gasteiger partial charge is 0.480 e. The molecule has 0 radical (unpaired) electrons. The molecule has 0 bridgehead atoms. The Morgan fingerprint density at radius 3 is 2.14 bits per heavy atom. The van der Waals surface area contributed by atoms with Gasteiger partial charge in [-0.3, -0.25) is 14.4 Å². The van der Waals surface area contributed by atoms with Gasteiger partial charge in [-0.1, -0.05) is 40.5 Å². The minimum Gasteiger partial charge on any atom is -0.480 e. The number of nitrogens with two attached hydrogens (primary N) is 1. The van der Waals surface area contributed by atoms with Gasteiger partial charge in [0.15, 0.2) is 0 Å². The fourth-order valence-electron chi connectivity index (χ4n) is 3.33. The number of carbonyl (C=O) groups excluding carboxylic acids is 3. The monoisotopic (exact) mass is 398 g/mol. The third kappa shape index (κ3) is 5.92. The molecule has 5 atom stereocenters. The van der Waals surface area contributed by atoms with E-state index in [1.807, 2.05) is 27.7 Å². The standard InChI is InChI=1S/C19H34N4O5/c1-5-11(3)15(21-14(24)10-20)17(25)22-16(12(4)6-2)18(26)23-9-7-8-13(23)19(27)28/h11-13,15-16H,5-10,20H2,1-4H3,(H,21,24)(H,22,25)(H,27,28). The summed E-state index contributed by atoms with van der Waals surface area (Å²) in [6.45, 7) is 7.60. The van der Waals surface area contributed by atoms with Crippen molar-refractivity contribution < 1.29 is 24.3 Å².